The van der Waals surface area contributed by atoms with Crippen molar-refractivity contribution in [3.8, 4) is 0 Å². The van der Waals surface area contributed by atoms with Crippen LogP contribution in [0.1, 0.15) is 11.1 Å². The highest BCUT2D eigenvalue weighted by atomic mass is 16.6. The molecule has 1 spiro atoms. The number of likely N-dealkylation sites (N-methyl/N-ethyl adjacent to an activating group) is 1. The molecule has 1 aromatic carbocycles. The zero-order valence-corrected chi connectivity index (χ0v) is 10.2. The van der Waals surface area contributed by atoms with Crippen LogP contribution in [0.4, 0.5) is 10.5 Å². The van der Waals surface area contributed by atoms with Gasteiger partial charge < -0.3 is 4.90 Å². The lowest BCUT2D eigenvalue weighted by Crippen LogP contribution is -2.48. The summed E-state index contributed by atoms with van der Waals surface area (Å²) in [4.78, 5) is 35.2. The van der Waals surface area contributed by atoms with Crippen molar-refractivity contribution in [3.63, 3.8) is 0 Å². The van der Waals surface area contributed by atoms with Crippen LogP contribution in [0.3, 0.4) is 0 Å². The summed E-state index contributed by atoms with van der Waals surface area (Å²) in [6.45, 7) is 0. The number of nitrogens with zero attached hydrogens (tertiary/aromatic N) is 2. The van der Waals surface area contributed by atoms with Crippen LogP contribution in [0.25, 0.3) is 0 Å². The van der Waals surface area contributed by atoms with Gasteiger partial charge in [-0.1, -0.05) is 6.07 Å². The lowest BCUT2D eigenvalue weighted by Gasteiger charge is -2.27. The summed E-state index contributed by atoms with van der Waals surface area (Å²) in [6, 6.07) is 4.14. The first-order valence-corrected chi connectivity index (χ1v) is 5.79. The van der Waals surface area contributed by atoms with Crippen molar-refractivity contribution in [2.24, 2.45) is 0 Å². The second-order valence-corrected chi connectivity index (χ2v) is 4.91. The van der Waals surface area contributed by atoms with Crippen molar-refractivity contribution >= 4 is 17.6 Å². The number of rotatable bonds is 1. The van der Waals surface area contributed by atoms with E-state index in [1.807, 2.05) is 0 Å². The number of non-ortho nitro benzene ring substituents is 1. The van der Waals surface area contributed by atoms with Gasteiger partial charge in [0.1, 0.15) is 5.54 Å². The molecule has 1 atom stereocenters. The normalized spacial score (nSPS) is 24.8. The molecule has 1 aromatic rings. The van der Waals surface area contributed by atoms with Crippen LogP contribution in [0.5, 0.6) is 0 Å². The Hall–Kier alpha value is -2.44. The fourth-order valence-corrected chi connectivity index (χ4v) is 2.80. The molecule has 19 heavy (non-hydrogen) atoms. The van der Waals surface area contributed by atoms with Crippen molar-refractivity contribution in [3.05, 3.63) is 39.4 Å². The Labute approximate surface area is 108 Å². The maximum atomic E-state index is 12.0. The second-order valence-electron chi connectivity index (χ2n) is 4.91. The lowest BCUT2D eigenvalue weighted by atomic mass is 9.95. The molecule has 1 heterocycles. The van der Waals surface area contributed by atoms with E-state index in [2.05, 4.69) is 5.32 Å². The van der Waals surface area contributed by atoms with E-state index in [1.165, 1.54) is 17.0 Å². The number of hydrogen-bond donors (Lipinski definition) is 1. The van der Waals surface area contributed by atoms with Gasteiger partial charge in [-0.3, -0.25) is 20.2 Å². The third-order valence-electron chi connectivity index (χ3n) is 3.96. The van der Waals surface area contributed by atoms with Crippen LogP contribution in [0.15, 0.2) is 18.2 Å². The van der Waals surface area contributed by atoms with Crippen LogP contribution < -0.4 is 5.32 Å². The van der Waals surface area contributed by atoms with E-state index in [1.54, 1.807) is 13.1 Å². The summed E-state index contributed by atoms with van der Waals surface area (Å²) in [5.74, 6) is -0.334. The fraction of sp³-hybridized carbons (Fsp3) is 0.333. The Morgan fingerprint density at radius 2 is 2.00 bits per heavy atom. The highest BCUT2D eigenvalue weighted by Crippen LogP contribution is 2.38. The number of carbonyl (C=O) groups excluding carboxylic acids is 2. The molecule has 7 heteroatoms. The van der Waals surface area contributed by atoms with Gasteiger partial charge in [0.2, 0.25) is 0 Å². The van der Waals surface area contributed by atoms with Gasteiger partial charge in [0.15, 0.2) is 0 Å². The monoisotopic (exact) mass is 261 g/mol. The van der Waals surface area contributed by atoms with Gasteiger partial charge in [0, 0.05) is 32.0 Å². The van der Waals surface area contributed by atoms with Gasteiger partial charge >= 0.3 is 6.03 Å². The molecular formula is C12H11N3O4. The van der Waals surface area contributed by atoms with Crippen molar-refractivity contribution in [2.45, 2.75) is 18.4 Å². The molecule has 7 nitrogen and oxygen atoms in total. The lowest BCUT2D eigenvalue weighted by molar-refractivity contribution is -0.384. The van der Waals surface area contributed by atoms with Crippen LogP contribution >= 0.6 is 0 Å². The highest BCUT2D eigenvalue weighted by molar-refractivity contribution is 6.07. The number of nitro benzene ring substituents is 1. The molecule has 1 aliphatic heterocycles. The topological polar surface area (TPSA) is 92.6 Å². The van der Waals surface area contributed by atoms with E-state index in [9.17, 15) is 19.7 Å². The van der Waals surface area contributed by atoms with Crippen molar-refractivity contribution < 1.29 is 14.5 Å². The molecule has 0 bridgehead atoms. The standard InChI is InChI=1S/C12H11N3O4/c1-14-11(17)13-10(16)12(14)5-7-2-3-9(15(18)19)4-8(7)6-12/h2-4H,5-6H2,1H3,(H,13,16,17)/t12-/m1/s1. The molecule has 1 aliphatic carbocycles. The average molecular weight is 261 g/mol. The molecular weight excluding hydrogens is 250 g/mol. The van der Waals surface area contributed by atoms with E-state index in [-0.39, 0.29) is 11.6 Å². The fourth-order valence-electron chi connectivity index (χ4n) is 2.80. The number of fused-ring (bicyclic) bond motifs is 1. The van der Waals surface area contributed by atoms with Crippen LogP contribution in [0, 0.1) is 10.1 Å². The summed E-state index contributed by atoms with van der Waals surface area (Å²) >= 11 is 0. The quantitative estimate of drug-likeness (QED) is 0.455. The third-order valence-corrected chi connectivity index (χ3v) is 3.96. The van der Waals surface area contributed by atoms with Crippen molar-refractivity contribution in [1.82, 2.24) is 10.2 Å². The molecule has 0 aromatic heterocycles. The van der Waals surface area contributed by atoms with Gasteiger partial charge in [0.25, 0.3) is 11.6 Å². The van der Waals surface area contributed by atoms with Gasteiger partial charge in [-0.15, -0.1) is 0 Å². The molecule has 0 unspecified atom stereocenters. The Morgan fingerprint density at radius 3 is 2.58 bits per heavy atom. The first-order chi connectivity index (χ1) is 8.94. The minimum absolute atomic E-state index is 0.00295. The third kappa shape index (κ3) is 1.44. The van der Waals surface area contributed by atoms with Crippen molar-refractivity contribution in [2.75, 3.05) is 7.05 Å². The molecule has 0 saturated carbocycles. The predicted molar refractivity (Wildman–Crippen MR) is 64.5 cm³/mol. The van der Waals surface area contributed by atoms with Gasteiger partial charge in [-0.2, -0.15) is 0 Å². The van der Waals surface area contributed by atoms with Crippen LogP contribution in [-0.4, -0.2) is 34.3 Å². The molecule has 1 fully saturated rings. The van der Waals surface area contributed by atoms with E-state index in [0.29, 0.717) is 12.8 Å². The molecule has 3 rings (SSSR count). The number of benzene rings is 1. The Morgan fingerprint density at radius 1 is 1.32 bits per heavy atom. The van der Waals surface area contributed by atoms with E-state index >= 15 is 0 Å². The first kappa shape index (κ1) is 11.6. The van der Waals surface area contributed by atoms with Crippen LogP contribution in [0.2, 0.25) is 0 Å². The summed E-state index contributed by atoms with van der Waals surface area (Å²) < 4.78 is 0. The summed E-state index contributed by atoms with van der Waals surface area (Å²) in [5, 5.41) is 13.0. The Balaban J connectivity index is 2.02. The molecule has 3 amide bonds. The minimum atomic E-state index is -0.922. The van der Waals surface area contributed by atoms with Gasteiger partial charge in [0.05, 0.1) is 4.92 Å². The zero-order valence-electron chi connectivity index (χ0n) is 10.2. The molecule has 2 aliphatic rings. The Bertz CT molecular complexity index is 627. The summed E-state index contributed by atoms with van der Waals surface area (Å²) in [5.41, 5.74) is 0.714. The largest absolute Gasteiger partial charge is 0.324 e. The molecule has 98 valence electrons. The number of nitro groups is 1. The van der Waals surface area contributed by atoms with E-state index in [4.69, 9.17) is 0 Å². The molecule has 1 saturated heterocycles. The number of hydrogen-bond acceptors (Lipinski definition) is 4. The number of carbonyl (C=O) groups is 2. The Kier molecular flexibility index (Phi) is 2.16. The molecule has 0 radical (unpaired) electrons. The average Bonchev–Trinajstić information content (AvgIpc) is 2.84. The highest BCUT2D eigenvalue weighted by Gasteiger charge is 2.54. The van der Waals surface area contributed by atoms with Gasteiger partial charge in [-0.05, 0) is 11.1 Å². The predicted octanol–water partition coefficient (Wildman–Crippen LogP) is 0.614. The van der Waals surface area contributed by atoms with Crippen LogP contribution in [-0.2, 0) is 17.6 Å². The minimum Gasteiger partial charge on any atom is -0.312 e. The number of nitrogens with one attached hydrogen (secondary N) is 1. The number of imide groups is 1. The van der Waals surface area contributed by atoms with Crippen molar-refractivity contribution in [1.29, 1.82) is 0 Å². The maximum Gasteiger partial charge on any atom is 0.324 e. The molecule has 1 N–H and O–H groups in total. The maximum absolute atomic E-state index is 12.0. The van der Waals surface area contributed by atoms with Gasteiger partial charge in [-0.25, -0.2) is 4.79 Å². The smallest absolute Gasteiger partial charge is 0.312 e. The SMILES string of the molecule is CN1C(=O)NC(=O)[C@]12Cc1ccc([N+](=O)[O-])cc1C2. The number of urea groups is 1. The zero-order chi connectivity index (χ0) is 13.8. The summed E-state index contributed by atoms with van der Waals surface area (Å²) in [6.07, 6.45) is 0.715. The van der Waals surface area contributed by atoms with E-state index < -0.39 is 16.5 Å². The number of amides is 3. The summed E-state index contributed by atoms with van der Waals surface area (Å²) in [7, 11) is 1.57. The van der Waals surface area contributed by atoms with E-state index in [0.717, 1.165) is 11.1 Å². The first-order valence-electron chi connectivity index (χ1n) is 5.79. The second kappa shape index (κ2) is 3.53.